The highest BCUT2D eigenvalue weighted by molar-refractivity contribution is 5.98. The minimum Gasteiger partial charge on any atom is -0.335 e. The lowest BCUT2D eigenvalue weighted by Gasteiger charge is -2.12. The Balaban J connectivity index is 0.000000159. The first-order valence-corrected chi connectivity index (χ1v) is 9.46. The van der Waals surface area contributed by atoms with Gasteiger partial charge < -0.3 is 4.90 Å². The van der Waals surface area contributed by atoms with E-state index in [1.807, 2.05) is 36.1 Å². The molecule has 0 bridgehead atoms. The van der Waals surface area contributed by atoms with Gasteiger partial charge in [-0.2, -0.15) is 0 Å². The zero-order valence-corrected chi connectivity index (χ0v) is 15.7. The number of halogens is 1. The van der Waals surface area contributed by atoms with Gasteiger partial charge in [0.2, 0.25) is 0 Å². The largest absolute Gasteiger partial charge is 0.335 e. The van der Waals surface area contributed by atoms with E-state index in [4.69, 9.17) is 0 Å². The van der Waals surface area contributed by atoms with Crippen molar-refractivity contribution in [2.45, 2.75) is 26.3 Å². The van der Waals surface area contributed by atoms with Crippen molar-refractivity contribution >= 4 is 11.7 Å². The Morgan fingerprint density at radius 1 is 1.04 bits per heavy atom. The standard InChI is InChI=1S/C12H14FNO.C10H11NO/c13-11-5-3-10(4-6-11)12(15)9-14-7-1-2-8-14;1-2-11-7-8-5-3-4-6-9(8)10(11)12/h3-6H,1-2,7-9H2;3-6H,2,7H2,1H3. The minimum absolute atomic E-state index is 0.0805. The Morgan fingerprint density at radius 2 is 1.70 bits per heavy atom. The van der Waals surface area contributed by atoms with Crippen LogP contribution < -0.4 is 0 Å². The fraction of sp³-hybridized carbons (Fsp3) is 0.364. The minimum atomic E-state index is -0.298. The van der Waals surface area contributed by atoms with E-state index in [9.17, 15) is 14.0 Å². The van der Waals surface area contributed by atoms with E-state index >= 15 is 0 Å². The molecule has 5 heteroatoms. The summed E-state index contributed by atoms with van der Waals surface area (Å²) in [5, 5.41) is 0. The lowest BCUT2D eigenvalue weighted by molar-refractivity contribution is 0.0787. The number of ketones is 1. The zero-order chi connectivity index (χ0) is 19.2. The van der Waals surface area contributed by atoms with Crippen molar-refractivity contribution in [1.29, 1.82) is 0 Å². The SMILES string of the molecule is CCN1Cc2ccccc2C1=O.O=C(CN1CCCC1)c1ccc(F)cc1. The molecule has 0 atom stereocenters. The lowest BCUT2D eigenvalue weighted by atomic mass is 10.1. The number of carbonyl (C=O) groups excluding carboxylic acids is 2. The summed E-state index contributed by atoms with van der Waals surface area (Å²) < 4.78 is 12.6. The predicted octanol–water partition coefficient (Wildman–Crippen LogP) is 3.77. The molecule has 4 nitrogen and oxygen atoms in total. The first-order chi connectivity index (χ1) is 13.1. The quantitative estimate of drug-likeness (QED) is 0.772. The lowest BCUT2D eigenvalue weighted by Crippen LogP contribution is -2.26. The summed E-state index contributed by atoms with van der Waals surface area (Å²) in [6, 6.07) is 13.6. The van der Waals surface area contributed by atoms with Crippen molar-refractivity contribution in [3.63, 3.8) is 0 Å². The fourth-order valence-corrected chi connectivity index (χ4v) is 3.44. The summed E-state index contributed by atoms with van der Waals surface area (Å²) in [7, 11) is 0. The van der Waals surface area contributed by atoms with Crippen LogP contribution in [0.5, 0.6) is 0 Å². The van der Waals surface area contributed by atoms with Gasteiger partial charge in [0.1, 0.15) is 5.82 Å². The van der Waals surface area contributed by atoms with Gasteiger partial charge >= 0.3 is 0 Å². The molecule has 1 saturated heterocycles. The Labute approximate surface area is 159 Å². The Bertz CT molecular complexity index is 798. The van der Waals surface area contributed by atoms with Crippen LogP contribution in [0.2, 0.25) is 0 Å². The van der Waals surface area contributed by atoms with Crippen molar-refractivity contribution in [2.75, 3.05) is 26.2 Å². The van der Waals surface area contributed by atoms with Crippen LogP contribution in [0.3, 0.4) is 0 Å². The molecular formula is C22H25FN2O2. The molecule has 4 rings (SSSR count). The molecular weight excluding hydrogens is 343 g/mol. The second-order valence-electron chi connectivity index (χ2n) is 6.89. The van der Waals surface area contributed by atoms with Gasteiger partial charge in [-0.15, -0.1) is 0 Å². The zero-order valence-electron chi connectivity index (χ0n) is 15.7. The molecule has 0 radical (unpaired) electrons. The van der Waals surface area contributed by atoms with Gasteiger partial charge in [0, 0.05) is 24.2 Å². The van der Waals surface area contributed by atoms with Gasteiger partial charge in [-0.25, -0.2) is 4.39 Å². The van der Waals surface area contributed by atoms with Crippen LogP contribution in [0.25, 0.3) is 0 Å². The predicted molar refractivity (Wildman–Crippen MR) is 103 cm³/mol. The van der Waals surface area contributed by atoms with Gasteiger partial charge in [0.25, 0.3) is 5.91 Å². The van der Waals surface area contributed by atoms with Crippen LogP contribution in [0.4, 0.5) is 4.39 Å². The molecule has 0 aliphatic carbocycles. The smallest absolute Gasteiger partial charge is 0.254 e. The molecule has 2 aromatic rings. The second kappa shape index (κ2) is 8.91. The number of hydrogen-bond acceptors (Lipinski definition) is 3. The number of rotatable bonds is 4. The van der Waals surface area contributed by atoms with Crippen molar-refractivity contribution in [2.24, 2.45) is 0 Å². The Kier molecular flexibility index (Phi) is 6.35. The Morgan fingerprint density at radius 3 is 2.33 bits per heavy atom. The van der Waals surface area contributed by atoms with Crippen LogP contribution in [0.1, 0.15) is 46.0 Å². The highest BCUT2D eigenvalue weighted by atomic mass is 19.1. The van der Waals surface area contributed by atoms with Gasteiger partial charge in [0.15, 0.2) is 5.78 Å². The number of fused-ring (bicyclic) bond motifs is 1. The van der Waals surface area contributed by atoms with E-state index in [2.05, 4.69) is 4.90 Å². The molecule has 0 N–H and O–H groups in total. The summed E-state index contributed by atoms with van der Waals surface area (Å²) >= 11 is 0. The number of benzene rings is 2. The molecule has 2 heterocycles. The fourth-order valence-electron chi connectivity index (χ4n) is 3.44. The second-order valence-corrected chi connectivity index (χ2v) is 6.89. The molecule has 27 heavy (non-hydrogen) atoms. The molecule has 2 aliphatic rings. The van der Waals surface area contributed by atoms with Crippen molar-refractivity contribution in [3.8, 4) is 0 Å². The first-order valence-electron chi connectivity index (χ1n) is 9.46. The third kappa shape index (κ3) is 4.80. The number of carbonyl (C=O) groups is 2. The van der Waals surface area contributed by atoms with Crippen LogP contribution in [-0.2, 0) is 6.54 Å². The van der Waals surface area contributed by atoms with E-state index in [1.54, 1.807) is 12.1 Å². The van der Waals surface area contributed by atoms with Gasteiger partial charge in [0.05, 0.1) is 6.54 Å². The summed E-state index contributed by atoms with van der Waals surface area (Å²) in [5.41, 5.74) is 2.63. The molecule has 142 valence electrons. The monoisotopic (exact) mass is 368 g/mol. The van der Waals surface area contributed by atoms with Gasteiger partial charge in [-0.1, -0.05) is 18.2 Å². The molecule has 0 saturated carbocycles. The molecule has 0 aromatic heterocycles. The van der Waals surface area contributed by atoms with Crippen molar-refractivity contribution < 1.29 is 14.0 Å². The average molecular weight is 368 g/mol. The van der Waals surface area contributed by atoms with Crippen LogP contribution in [-0.4, -0.2) is 47.7 Å². The van der Waals surface area contributed by atoms with Crippen LogP contribution in [0.15, 0.2) is 48.5 Å². The van der Waals surface area contributed by atoms with E-state index in [0.29, 0.717) is 12.1 Å². The molecule has 0 spiro atoms. The van der Waals surface area contributed by atoms with E-state index in [1.165, 1.54) is 25.0 Å². The van der Waals surface area contributed by atoms with E-state index < -0.39 is 0 Å². The van der Waals surface area contributed by atoms with Gasteiger partial charge in [-0.3, -0.25) is 14.5 Å². The number of likely N-dealkylation sites (tertiary alicyclic amines) is 1. The van der Waals surface area contributed by atoms with E-state index in [0.717, 1.165) is 37.3 Å². The maximum Gasteiger partial charge on any atom is 0.254 e. The van der Waals surface area contributed by atoms with Crippen LogP contribution >= 0.6 is 0 Å². The third-order valence-corrected chi connectivity index (χ3v) is 5.01. The van der Waals surface area contributed by atoms with Crippen molar-refractivity contribution in [1.82, 2.24) is 9.80 Å². The average Bonchev–Trinajstić information content (AvgIpc) is 3.31. The summed E-state index contributed by atoms with van der Waals surface area (Å²) in [6.45, 7) is 6.06. The maximum absolute atomic E-state index is 12.6. The highest BCUT2D eigenvalue weighted by Crippen LogP contribution is 2.21. The number of amides is 1. The third-order valence-electron chi connectivity index (χ3n) is 5.01. The molecule has 1 amide bonds. The maximum atomic E-state index is 12.6. The van der Waals surface area contributed by atoms with Crippen molar-refractivity contribution in [3.05, 3.63) is 71.0 Å². The number of Topliss-reactive ketones (excluding diaryl/α,β-unsaturated/α-hetero) is 1. The molecule has 2 aromatic carbocycles. The number of hydrogen-bond donors (Lipinski definition) is 0. The molecule has 2 aliphatic heterocycles. The topological polar surface area (TPSA) is 40.6 Å². The molecule has 1 fully saturated rings. The summed E-state index contributed by atoms with van der Waals surface area (Å²) in [6.07, 6.45) is 2.35. The highest BCUT2D eigenvalue weighted by Gasteiger charge is 2.24. The molecule has 0 unspecified atom stereocenters. The number of nitrogens with zero attached hydrogens (tertiary/aromatic N) is 2. The first kappa shape index (κ1) is 19.2. The van der Waals surface area contributed by atoms with Crippen LogP contribution in [0, 0.1) is 5.82 Å². The summed E-state index contributed by atoms with van der Waals surface area (Å²) in [5.74, 6) is -0.0438. The van der Waals surface area contributed by atoms with E-state index in [-0.39, 0.29) is 17.5 Å². The van der Waals surface area contributed by atoms with Gasteiger partial charge in [-0.05, 0) is 68.8 Å². The Hall–Kier alpha value is -2.53. The normalized spacial score (nSPS) is 16.1. The summed E-state index contributed by atoms with van der Waals surface area (Å²) in [4.78, 5) is 27.3.